The van der Waals surface area contributed by atoms with Crippen LogP contribution in [0.5, 0.6) is 5.75 Å². The van der Waals surface area contributed by atoms with E-state index in [-0.39, 0.29) is 35.5 Å². The SMILES string of the molecule is C=CCOc1ccc(Br)cc1/C=N/N1C(=O)C2C3C=CC(C4CC34)C2C1=O. The molecule has 1 aromatic carbocycles. The zero-order valence-electron chi connectivity index (χ0n) is 14.6. The number of halogens is 1. The van der Waals surface area contributed by atoms with E-state index in [9.17, 15) is 9.59 Å². The van der Waals surface area contributed by atoms with Crippen molar-refractivity contribution in [2.45, 2.75) is 6.42 Å². The van der Waals surface area contributed by atoms with Crippen molar-refractivity contribution in [3.8, 4) is 5.75 Å². The average Bonchev–Trinajstić information content (AvgIpc) is 3.45. The van der Waals surface area contributed by atoms with E-state index in [0.717, 1.165) is 15.9 Å². The number of nitrogens with zero attached hydrogens (tertiary/aromatic N) is 2. The summed E-state index contributed by atoms with van der Waals surface area (Å²) in [6, 6.07) is 5.53. The number of imide groups is 1. The molecule has 5 nitrogen and oxygen atoms in total. The van der Waals surface area contributed by atoms with Gasteiger partial charge in [-0.3, -0.25) is 9.59 Å². The van der Waals surface area contributed by atoms with Gasteiger partial charge in [-0.05, 0) is 48.3 Å². The normalized spacial score (nSPS) is 35.5. The molecule has 1 aromatic rings. The number of ether oxygens (including phenoxy) is 1. The average molecular weight is 427 g/mol. The fourth-order valence-corrected chi connectivity index (χ4v) is 5.45. The number of hydrogen-bond acceptors (Lipinski definition) is 4. The number of amides is 2. The van der Waals surface area contributed by atoms with Gasteiger partial charge in [-0.25, -0.2) is 0 Å². The summed E-state index contributed by atoms with van der Waals surface area (Å²) in [5.41, 5.74) is 0.700. The van der Waals surface area contributed by atoms with Crippen LogP contribution in [0.3, 0.4) is 0 Å². The third-order valence-corrected chi connectivity index (χ3v) is 6.77. The summed E-state index contributed by atoms with van der Waals surface area (Å²) >= 11 is 3.43. The van der Waals surface area contributed by atoms with Crippen molar-refractivity contribution in [2.24, 2.45) is 40.6 Å². The Bertz CT molecular complexity index is 873. The summed E-state index contributed by atoms with van der Waals surface area (Å²) in [4.78, 5) is 25.9. The van der Waals surface area contributed by atoms with Gasteiger partial charge < -0.3 is 4.74 Å². The highest BCUT2D eigenvalue weighted by Gasteiger charge is 2.67. The predicted octanol–water partition coefficient (Wildman–Crippen LogP) is 3.40. The van der Waals surface area contributed by atoms with E-state index in [2.05, 4.69) is 39.8 Å². The fourth-order valence-electron chi connectivity index (χ4n) is 5.08. The Kier molecular flexibility index (Phi) is 3.86. The summed E-state index contributed by atoms with van der Waals surface area (Å²) in [6.07, 6.45) is 8.67. The molecule has 2 amide bonds. The molecule has 0 aromatic heterocycles. The van der Waals surface area contributed by atoms with E-state index in [4.69, 9.17) is 4.74 Å². The molecule has 6 rings (SSSR count). The Balaban J connectivity index is 1.42. The van der Waals surface area contributed by atoms with Crippen molar-refractivity contribution in [3.05, 3.63) is 53.0 Å². The van der Waals surface area contributed by atoms with Crippen molar-refractivity contribution >= 4 is 34.0 Å². The number of hydrogen-bond donors (Lipinski definition) is 0. The van der Waals surface area contributed by atoms with Gasteiger partial charge in [0, 0.05) is 10.0 Å². The molecule has 0 radical (unpaired) electrons. The van der Waals surface area contributed by atoms with Crippen LogP contribution < -0.4 is 4.74 Å². The monoisotopic (exact) mass is 426 g/mol. The summed E-state index contributed by atoms with van der Waals surface area (Å²) in [6.45, 7) is 4.02. The number of carbonyl (C=O) groups is 2. The Morgan fingerprint density at radius 3 is 2.48 bits per heavy atom. The molecule has 6 atom stereocenters. The lowest BCUT2D eigenvalue weighted by atomic mass is 9.63. The zero-order chi connectivity index (χ0) is 18.7. The highest BCUT2D eigenvalue weighted by Crippen LogP contribution is 2.65. The molecule has 138 valence electrons. The Morgan fingerprint density at radius 2 is 1.85 bits per heavy atom. The first kappa shape index (κ1) is 16.9. The lowest BCUT2D eigenvalue weighted by Crippen LogP contribution is -2.40. The minimum Gasteiger partial charge on any atom is -0.489 e. The van der Waals surface area contributed by atoms with Crippen LogP contribution in [-0.2, 0) is 9.59 Å². The lowest BCUT2D eigenvalue weighted by Gasteiger charge is -2.37. The van der Waals surface area contributed by atoms with Gasteiger partial charge in [0.2, 0.25) is 0 Å². The quantitative estimate of drug-likeness (QED) is 0.411. The van der Waals surface area contributed by atoms with E-state index < -0.39 is 0 Å². The lowest BCUT2D eigenvalue weighted by molar-refractivity contribution is -0.140. The minimum absolute atomic E-state index is 0.158. The molecule has 2 bridgehead atoms. The molecule has 6 heteroatoms. The first-order chi connectivity index (χ1) is 13.1. The van der Waals surface area contributed by atoms with Crippen LogP contribution in [0.25, 0.3) is 0 Å². The van der Waals surface area contributed by atoms with Crippen molar-refractivity contribution < 1.29 is 14.3 Å². The zero-order valence-corrected chi connectivity index (χ0v) is 16.2. The molecule has 2 saturated carbocycles. The summed E-state index contributed by atoms with van der Waals surface area (Å²) in [7, 11) is 0. The third-order valence-electron chi connectivity index (χ3n) is 6.28. The van der Waals surface area contributed by atoms with Gasteiger partial charge in [0.1, 0.15) is 12.4 Å². The van der Waals surface area contributed by atoms with Gasteiger partial charge in [-0.2, -0.15) is 10.1 Å². The van der Waals surface area contributed by atoms with E-state index in [1.807, 2.05) is 18.2 Å². The standard InChI is InChI=1S/C21H19BrN2O3/c1-2-7-27-17-6-3-12(22)8-11(17)10-23-24-20(25)18-13-4-5-14(16-9-15(13)16)19(18)21(24)26/h2-6,8,10,13-16,18-19H,1,7,9H2/b23-10+. The van der Waals surface area contributed by atoms with Crippen LogP contribution in [0.1, 0.15) is 12.0 Å². The molecule has 3 fully saturated rings. The Labute approximate surface area is 165 Å². The van der Waals surface area contributed by atoms with Crippen molar-refractivity contribution in [3.63, 3.8) is 0 Å². The van der Waals surface area contributed by atoms with Gasteiger partial charge in [0.25, 0.3) is 11.8 Å². The maximum absolute atomic E-state index is 13.0. The van der Waals surface area contributed by atoms with E-state index in [1.165, 1.54) is 6.21 Å². The highest BCUT2D eigenvalue weighted by atomic mass is 79.9. The molecular formula is C21H19BrN2O3. The van der Waals surface area contributed by atoms with Gasteiger partial charge in [-0.1, -0.05) is 40.7 Å². The molecule has 1 saturated heterocycles. The van der Waals surface area contributed by atoms with Crippen molar-refractivity contribution in [1.29, 1.82) is 0 Å². The first-order valence-corrected chi connectivity index (χ1v) is 10.0. The maximum Gasteiger partial charge on any atom is 0.254 e. The van der Waals surface area contributed by atoms with Crippen LogP contribution in [0.4, 0.5) is 0 Å². The topological polar surface area (TPSA) is 59.0 Å². The number of benzene rings is 1. The largest absolute Gasteiger partial charge is 0.489 e. The molecule has 1 heterocycles. The van der Waals surface area contributed by atoms with E-state index in [1.54, 1.807) is 6.08 Å². The highest BCUT2D eigenvalue weighted by molar-refractivity contribution is 9.10. The van der Waals surface area contributed by atoms with Crippen LogP contribution in [0.15, 0.2) is 52.6 Å². The predicted molar refractivity (Wildman–Crippen MR) is 104 cm³/mol. The maximum atomic E-state index is 13.0. The molecule has 27 heavy (non-hydrogen) atoms. The molecule has 5 aliphatic rings. The second kappa shape index (κ2) is 6.16. The van der Waals surface area contributed by atoms with Crippen LogP contribution >= 0.6 is 15.9 Å². The van der Waals surface area contributed by atoms with Crippen LogP contribution in [0, 0.1) is 35.5 Å². The number of hydrazone groups is 1. The minimum atomic E-state index is -0.229. The number of rotatable bonds is 5. The molecular weight excluding hydrogens is 408 g/mol. The van der Waals surface area contributed by atoms with Crippen LogP contribution in [0.2, 0.25) is 0 Å². The van der Waals surface area contributed by atoms with Gasteiger partial charge >= 0.3 is 0 Å². The van der Waals surface area contributed by atoms with E-state index in [0.29, 0.717) is 29.8 Å². The van der Waals surface area contributed by atoms with E-state index >= 15 is 0 Å². The fraction of sp³-hybridized carbons (Fsp3) is 0.381. The first-order valence-electron chi connectivity index (χ1n) is 9.23. The number of carbonyl (C=O) groups excluding carboxylic acids is 2. The molecule has 4 aliphatic carbocycles. The molecule has 0 N–H and O–H groups in total. The van der Waals surface area contributed by atoms with Crippen LogP contribution in [-0.4, -0.2) is 29.6 Å². The Hall–Kier alpha value is -2.21. The molecule has 6 unspecified atom stereocenters. The van der Waals surface area contributed by atoms with Gasteiger partial charge in [0.15, 0.2) is 0 Å². The third kappa shape index (κ3) is 2.53. The summed E-state index contributed by atoms with van der Waals surface area (Å²) in [5.74, 6) is 1.44. The number of allylic oxidation sites excluding steroid dienone is 2. The summed E-state index contributed by atoms with van der Waals surface area (Å²) in [5, 5.41) is 5.37. The van der Waals surface area contributed by atoms with Crippen molar-refractivity contribution in [2.75, 3.05) is 6.61 Å². The molecule has 1 aliphatic heterocycles. The molecule has 0 spiro atoms. The second-order valence-electron chi connectivity index (χ2n) is 7.67. The van der Waals surface area contributed by atoms with Gasteiger partial charge in [0.05, 0.1) is 18.1 Å². The van der Waals surface area contributed by atoms with Gasteiger partial charge in [-0.15, -0.1) is 0 Å². The van der Waals surface area contributed by atoms with Crippen molar-refractivity contribution in [1.82, 2.24) is 5.01 Å². The second-order valence-corrected chi connectivity index (χ2v) is 8.58. The summed E-state index contributed by atoms with van der Waals surface area (Å²) < 4.78 is 6.51. The smallest absolute Gasteiger partial charge is 0.254 e. The Morgan fingerprint density at radius 1 is 1.19 bits per heavy atom.